The molecule has 0 saturated heterocycles. The highest BCUT2D eigenvalue weighted by atomic mass is 32.1. The predicted octanol–water partition coefficient (Wildman–Crippen LogP) is 10.7. The van der Waals surface area contributed by atoms with Gasteiger partial charge in [-0.05, 0) is 12.1 Å². The number of nitrogens with zero attached hydrogens (tertiary/aromatic N) is 4. The van der Waals surface area contributed by atoms with Gasteiger partial charge in [-0.15, -0.1) is 22.7 Å². The summed E-state index contributed by atoms with van der Waals surface area (Å²) in [5.74, 6) is 1.39. The molecule has 4 heterocycles. The van der Waals surface area contributed by atoms with Gasteiger partial charge in [-0.1, -0.05) is 121 Å². The van der Waals surface area contributed by atoms with Gasteiger partial charge in [0.1, 0.15) is 0 Å². The van der Waals surface area contributed by atoms with Gasteiger partial charge < -0.3 is 0 Å². The molecule has 0 atom stereocenters. The second-order valence-corrected chi connectivity index (χ2v) is 12.7. The van der Waals surface area contributed by atoms with Crippen LogP contribution < -0.4 is 0 Å². The van der Waals surface area contributed by atoms with Gasteiger partial charge in [-0.3, -0.25) is 0 Å². The zero-order valence-electron chi connectivity index (χ0n) is 23.3. The smallest absolute Gasteiger partial charge is 0.161 e. The lowest BCUT2D eigenvalue weighted by Crippen LogP contribution is -1.98. The summed E-state index contributed by atoms with van der Waals surface area (Å²) in [4.78, 5) is 20.9. The van der Waals surface area contributed by atoms with Crippen molar-refractivity contribution in [3.8, 4) is 45.3 Å². The van der Waals surface area contributed by atoms with E-state index in [1.54, 1.807) is 22.7 Å². The van der Waals surface area contributed by atoms with E-state index in [1.807, 2.05) is 24.3 Å². The summed E-state index contributed by atoms with van der Waals surface area (Å²) in [6.45, 7) is 0. The third-order valence-electron chi connectivity index (χ3n) is 7.94. The van der Waals surface area contributed by atoms with E-state index in [2.05, 4.69) is 109 Å². The Kier molecular flexibility index (Phi) is 5.82. The first-order valence-electron chi connectivity index (χ1n) is 14.4. The average molecular weight is 599 g/mol. The van der Waals surface area contributed by atoms with Gasteiger partial charge in [0.2, 0.25) is 0 Å². The van der Waals surface area contributed by atoms with E-state index in [-0.39, 0.29) is 0 Å². The summed E-state index contributed by atoms with van der Waals surface area (Å²) in [5.41, 5.74) is 7.77. The molecule has 0 aliphatic carbocycles. The molecule has 206 valence electrons. The Morgan fingerprint density at radius 1 is 0.364 bits per heavy atom. The molecule has 0 saturated carbocycles. The molecule has 0 bridgehead atoms. The topological polar surface area (TPSA) is 51.6 Å². The van der Waals surface area contributed by atoms with Crippen LogP contribution in [-0.2, 0) is 0 Å². The summed E-state index contributed by atoms with van der Waals surface area (Å²) >= 11 is 3.48. The van der Waals surface area contributed by atoms with Crippen LogP contribution in [0.3, 0.4) is 0 Å². The van der Waals surface area contributed by atoms with Crippen LogP contribution in [0.1, 0.15) is 0 Å². The van der Waals surface area contributed by atoms with Crippen LogP contribution >= 0.6 is 22.7 Å². The highest BCUT2D eigenvalue weighted by Gasteiger charge is 2.22. The predicted molar refractivity (Wildman–Crippen MR) is 185 cm³/mol. The van der Waals surface area contributed by atoms with E-state index in [9.17, 15) is 0 Å². The molecule has 0 radical (unpaired) electrons. The molecule has 0 unspecified atom stereocenters. The number of hydrogen-bond donors (Lipinski definition) is 0. The molecule has 5 aromatic carbocycles. The average Bonchev–Trinajstić information content (AvgIpc) is 3.67. The summed E-state index contributed by atoms with van der Waals surface area (Å²) in [6.07, 6.45) is 0. The maximum Gasteiger partial charge on any atom is 0.161 e. The van der Waals surface area contributed by atoms with Crippen molar-refractivity contribution in [3.63, 3.8) is 0 Å². The van der Waals surface area contributed by atoms with Crippen molar-refractivity contribution < 1.29 is 0 Å². The van der Waals surface area contributed by atoms with Gasteiger partial charge in [0.15, 0.2) is 11.6 Å². The van der Waals surface area contributed by atoms with Gasteiger partial charge >= 0.3 is 0 Å². The summed E-state index contributed by atoms with van der Waals surface area (Å²) in [7, 11) is 0. The first kappa shape index (κ1) is 25.2. The van der Waals surface area contributed by atoms with E-state index in [0.717, 1.165) is 64.8 Å². The van der Waals surface area contributed by atoms with Crippen molar-refractivity contribution in [1.82, 2.24) is 19.9 Å². The van der Waals surface area contributed by atoms with E-state index in [0.29, 0.717) is 11.6 Å². The number of benzene rings is 5. The fourth-order valence-electron chi connectivity index (χ4n) is 5.88. The number of thiophene rings is 2. The maximum atomic E-state index is 5.29. The minimum atomic E-state index is 0.685. The van der Waals surface area contributed by atoms with Crippen molar-refractivity contribution in [2.45, 2.75) is 0 Å². The van der Waals surface area contributed by atoms with Gasteiger partial charge in [0, 0.05) is 42.4 Å². The molecular weight excluding hydrogens is 577 g/mol. The normalized spacial score (nSPS) is 11.6. The largest absolute Gasteiger partial charge is 0.226 e. The number of rotatable bonds is 4. The molecule has 6 heteroatoms. The standard InChI is InChI=1S/C38H22N4S2/c1-3-13-23(14-4-1)31-35-33(27-19-9-11-21-29(27)43-35)42-38(39-31)26-18-8-7-17-25(26)32-36-34(28-20-10-12-22-30(28)44-36)41-37(40-32)24-15-5-2-6-16-24/h1-22H. The molecular formula is C38H22N4S2. The highest BCUT2D eigenvalue weighted by molar-refractivity contribution is 7.26. The zero-order chi connectivity index (χ0) is 29.0. The SMILES string of the molecule is c1ccc(-c2nc(-c3ccccc3-c3nc(-c4ccccc4)c4sc5ccccc5c4n3)c3sc4ccccc4c3n2)cc1. The third-order valence-corrected chi connectivity index (χ3v) is 10.3. The lowest BCUT2D eigenvalue weighted by molar-refractivity contribution is 1.22. The molecule has 4 aromatic heterocycles. The van der Waals surface area contributed by atoms with Crippen LogP contribution in [-0.4, -0.2) is 19.9 Å². The van der Waals surface area contributed by atoms with Crippen LogP contribution in [0.5, 0.6) is 0 Å². The monoisotopic (exact) mass is 598 g/mol. The Morgan fingerprint density at radius 3 is 1.50 bits per heavy atom. The van der Waals surface area contributed by atoms with E-state index in [4.69, 9.17) is 19.9 Å². The molecule has 4 nitrogen and oxygen atoms in total. The van der Waals surface area contributed by atoms with Crippen molar-refractivity contribution in [1.29, 1.82) is 0 Å². The van der Waals surface area contributed by atoms with Gasteiger partial charge in [0.25, 0.3) is 0 Å². The third kappa shape index (κ3) is 4.03. The van der Waals surface area contributed by atoms with Crippen LogP contribution in [0.4, 0.5) is 0 Å². The fourth-order valence-corrected chi connectivity index (χ4v) is 8.18. The number of hydrogen-bond acceptors (Lipinski definition) is 6. The quantitative estimate of drug-likeness (QED) is 0.202. The van der Waals surface area contributed by atoms with Gasteiger partial charge in [-0.2, -0.15) is 0 Å². The minimum absolute atomic E-state index is 0.685. The Balaban J connectivity index is 1.36. The molecule has 9 aromatic rings. The Hall–Kier alpha value is -5.30. The van der Waals surface area contributed by atoms with Gasteiger partial charge in [0.05, 0.1) is 31.8 Å². The maximum absolute atomic E-state index is 5.29. The van der Waals surface area contributed by atoms with E-state index in [1.165, 1.54) is 9.40 Å². The molecule has 0 aliphatic heterocycles. The Bertz CT molecular complexity index is 2500. The second-order valence-electron chi connectivity index (χ2n) is 10.6. The van der Waals surface area contributed by atoms with Crippen molar-refractivity contribution in [2.75, 3.05) is 0 Å². The van der Waals surface area contributed by atoms with E-state index >= 15 is 0 Å². The van der Waals surface area contributed by atoms with Crippen molar-refractivity contribution in [3.05, 3.63) is 133 Å². The summed E-state index contributed by atoms with van der Waals surface area (Å²) in [6, 6.07) is 45.9. The Morgan fingerprint density at radius 2 is 0.841 bits per heavy atom. The fraction of sp³-hybridized carbons (Fsp3) is 0. The lowest BCUT2D eigenvalue weighted by atomic mass is 10.0. The molecule has 0 N–H and O–H groups in total. The van der Waals surface area contributed by atoms with Gasteiger partial charge in [-0.25, -0.2) is 19.9 Å². The summed E-state index contributed by atoms with van der Waals surface area (Å²) in [5, 5.41) is 2.28. The molecule has 44 heavy (non-hydrogen) atoms. The first-order valence-corrected chi connectivity index (χ1v) is 16.0. The summed E-state index contributed by atoms with van der Waals surface area (Å²) < 4.78 is 4.55. The lowest BCUT2D eigenvalue weighted by Gasteiger charge is -2.12. The second kappa shape index (κ2) is 10.2. The number of aromatic nitrogens is 4. The molecule has 0 fully saturated rings. The zero-order valence-corrected chi connectivity index (χ0v) is 24.9. The molecule has 0 spiro atoms. The minimum Gasteiger partial charge on any atom is -0.226 e. The Labute approximate surface area is 261 Å². The molecule has 0 aliphatic rings. The van der Waals surface area contributed by atoms with Crippen LogP contribution in [0, 0.1) is 0 Å². The molecule has 0 amide bonds. The van der Waals surface area contributed by atoms with Crippen LogP contribution in [0.25, 0.3) is 85.9 Å². The number of fused-ring (bicyclic) bond motifs is 6. The van der Waals surface area contributed by atoms with Crippen LogP contribution in [0.2, 0.25) is 0 Å². The highest BCUT2D eigenvalue weighted by Crippen LogP contribution is 2.43. The first-order chi connectivity index (χ1) is 21.8. The van der Waals surface area contributed by atoms with E-state index < -0.39 is 0 Å². The molecule has 9 rings (SSSR count). The van der Waals surface area contributed by atoms with Crippen LogP contribution in [0.15, 0.2) is 133 Å². The van der Waals surface area contributed by atoms with Crippen molar-refractivity contribution in [2.24, 2.45) is 0 Å². The van der Waals surface area contributed by atoms with Crippen molar-refractivity contribution >= 4 is 63.3 Å².